The summed E-state index contributed by atoms with van der Waals surface area (Å²) in [7, 11) is 0. The Hall–Kier alpha value is -3.12. The summed E-state index contributed by atoms with van der Waals surface area (Å²) in [5.41, 5.74) is 3.39. The standard InChI is InChI=1S/C25H27N3O2S/c29-24(28-22-14-12-21(13-15-22)27-20-5-2-1-3-6-20)19-10-8-18(9-11-19)17-26-25(30)23-7-4-16-31-23/h4,7-16,20,27H,1-3,5-6,17H2,(H,26,30)(H,28,29). The number of hydrogen-bond donors (Lipinski definition) is 3. The summed E-state index contributed by atoms with van der Waals surface area (Å²) in [6.45, 7) is 0.425. The molecule has 6 heteroatoms. The van der Waals surface area contributed by atoms with Gasteiger partial charge in [0.2, 0.25) is 0 Å². The van der Waals surface area contributed by atoms with Crippen molar-refractivity contribution < 1.29 is 9.59 Å². The van der Waals surface area contributed by atoms with Crippen LogP contribution in [0.4, 0.5) is 11.4 Å². The Morgan fingerprint density at radius 3 is 2.23 bits per heavy atom. The van der Waals surface area contributed by atoms with Gasteiger partial charge in [0.1, 0.15) is 0 Å². The quantitative estimate of drug-likeness (QED) is 0.449. The van der Waals surface area contributed by atoms with Crippen LogP contribution in [0.3, 0.4) is 0 Å². The fourth-order valence-corrected chi connectivity index (χ4v) is 4.43. The predicted octanol–water partition coefficient (Wildman–Crippen LogP) is 5.68. The summed E-state index contributed by atoms with van der Waals surface area (Å²) < 4.78 is 0. The van der Waals surface area contributed by atoms with Crippen molar-refractivity contribution in [3.63, 3.8) is 0 Å². The number of hydrogen-bond acceptors (Lipinski definition) is 4. The third kappa shape index (κ3) is 5.95. The summed E-state index contributed by atoms with van der Waals surface area (Å²) >= 11 is 1.41. The van der Waals surface area contributed by atoms with E-state index in [0.29, 0.717) is 23.0 Å². The van der Waals surface area contributed by atoms with Crippen LogP contribution in [0.15, 0.2) is 66.0 Å². The molecule has 2 amide bonds. The zero-order chi connectivity index (χ0) is 21.5. The molecule has 5 nitrogen and oxygen atoms in total. The third-order valence-corrected chi connectivity index (χ3v) is 6.40. The van der Waals surface area contributed by atoms with E-state index in [1.165, 1.54) is 43.4 Å². The second-order valence-corrected chi connectivity index (χ2v) is 8.82. The highest BCUT2D eigenvalue weighted by molar-refractivity contribution is 7.12. The molecule has 4 rings (SSSR count). The Kier molecular flexibility index (Phi) is 6.99. The number of amides is 2. The summed E-state index contributed by atoms with van der Waals surface area (Å²) in [6, 6.07) is 19.4. The maximum Gasteiger partial charge on any atom is 0.261 e. The van der Waals surface area contributed by atoms with Crippen LogP contribution < -0.4 is 16.0 Å². The second kappa shape index (κ2) is 10.3. The Labute approximate surface area is 186 Å². The molecule has 1 aromatic heterocycles. The van der Waals surface area contributed by atoms with Crippen molar-refractivity contribution in [2.24, 2.45) is 0 Å². The summed E-state index contributed by atoms with van der Waals surface area (Å²) in [5, 5.41) is 11.3. The molecule has 0 spiro atoms. The molecule has 1 saturated carbocycles. The van der Waals surface area contributed by atoms with Crippen LogP contribution in [0.1, 0.15) is 57.7 Å². The van der Waals surface area contributed by atoms with Gasteiger partial charge in [-0.3, -0.25) is 9.59 Å². The number of benzene rings is 2. The first-order valence-corrected chi connectivity index (χ1v) is 11.6. The second-order valence-electron chi connectivity index (χ2n) is 7.87. The Bertz CT molecular complexity index is 992. The molecule has 160 valence electrons. The Morgan fingerprint density at radius 2 is 1.55 bits per heavy atom. The van der Waals surface area contributed by atoms with Gasteiger partial charge in [0.05, 0.1) is 4.88 Å². The molecule has 1 heterocycles. The molecule has 31 heavy (non-hydrogen) atoms. The van der Waals surface area contributed by atoms with Gasteiger partial charge in [-0.05, 0) is 66.2 Å². The molecule has 0 radical (unpaired) electrons. The lowest BCUT2D eigenvalue weighted by Crippen LogP contribution is -2.22. The topological polar surface area (TPSA) is 70.2 Å². The van der Waals surface area contributed by atoms with Gasteiger partial charge in [0, 0.05) is 29.5 Å². The third-order valence-electron chi connectivity index (χ3n) is 5.53. The van der Waals surface area contributed by atoms with E-state index in [1.807, 2.05) is 47.8 Å². The van der Waals surface area contributed by atoms with E-state index in [-0.39, 0.29) is 11.8 Å². The van der Waals surface area contributed by atoms with Crippen molar-refractivity contribution in [1.82, 2.24) is 5.32 Å². The van der Waals surface area contributed by atoms with Gasteiger partial charge in [0.15, 0.2) is 0 Å². The lowest BCUT2D eigenvalue weighted by Gasteiger charge is -2.23. The molecule has 0 bridgehead atoms. The number of carbonyl (C=O) groups excluding carboxylic acids is 2. The molecule has 3 N–H and O–H groups in total. The van der Waals surface area contributed by atoms with Crippen LogP contribution in [0.5, 0.6) is 0 Å². The molecule has 0 atom stereocenters. The molecule has 0 unspecified atom stereocenters. The number of thiophene rings is 1. The molecular weight excluding hydrogens is 406 g/mol. The molecule has 0 aliphatic heterocycles. The maximum absolute atomic E-state index is 12.6. The average molecular weight is 434 g/mol. The first-order chi connectivity index (χ1) is 15.2. The van der Waals surface area contributed by atoms with E-state index in [9.17, 15) is 9.59 Å². The SMILES string of the molecule is O=C(Nc1ccc(NC2CCCCC2)cc1)c1ccc(CNC(=O)c2cccs2)cc1. The minimum atomic E-state index is -0.151. The van der Waals surface area contributed by atoms with E-state index in [0.717, 1.165) is 16.9 Å². The molecule has 0 saturated heterocycles. The van der Waals surface area contributed by atoms with Crippen molar-refractivity contribution >= 4 is 34.5 Å². The van der Waals surface area contributed by atoms with E-state index < -0.39 is 0 Å². The van der Waals surface area contributed by atoms with Crippen molar-refractivity contribution in [2.75, 3.05) is 10.6 Å². The van der Waals surface area contributed by atoms with Crippen molar-refractivity contribution in [1.29, 1.82) is 0 Å². The van der Waals surface area contributed by atoms with Gasteiger partial charge < -0.3 is 16.0 Å². The number of anilines is 2. The number of nitrogens with one attached hydrogen (secondary N) is 3. The molecule has 2 aromatic carbocycles. The maximum atomic E-state index is 12.6. The van der Waals surface area contributed by atoms with Crippen LogP contribution in [0, 0.1) is 0 Å². The van der Waals surface area contributed by atoms with Crippen LogP contribution in [0.2, 0.25) is 0 Å². The molecule has 1 aliphatic rings. The summed E-state index contributed by atoms with van der Waals surface area (Å²) in [5.74, 6) is -0.236. The zero-order valence-corrected chi connectivity index (χ0v) is 18.2. The molecule has 1 fully saturated rings. The van der Waals surface area contributed by atoms with Gasteiger partial charge >= 0.3 is 0 Å². The van der Waals surface area contributed by atoms with Gasteiger partial charge in [-0.2, -0.15) is 0 Å². The van der Waals surface area contributed by atoms with E-state index >= 15 is 0 Å². The van der Waals surface area contributed by atoms with Crippen LogP contribution in [-0.4, -0.2) is 17.9 Å². The number of rotatable bonds is 7. The summed E-state index contributed by atoms with van der Waals surface area (Å²) in [6.07, 6.45) is 6.39. The highest BCUT2D eigenvalue weighted by Crippen LogP contribution is 2.22. The number of carbonyl (C=O) groups is 2. The largest absolute Gasteiger partial charge is 0.382 e. The summed E-state index contributed by atoms with van der Waals surface area (Å²) in [4.78, 5) is 25.3. The van der Waals surface area contributed by atoms with E-state index in [2.05, 4.69) is 16.0 Å². The van der Waals surface area contributed by atoms with Gasteiger partial charge in [-0.15, -0.1) is 11.3 Å². The fraction of sp³-hybridized carbons (Fsp3) is 0.280. The minimum absolute atomic E-state index is 0.0850. The highest BCUT2D eigenvalue weighted by atomic mass is 32.1. The normalized spacial score (nSPS) is 14.1. The molecule has 1 aliphatic carbocycles. The monoisotopic (exact) mass is 433 g/mol. The van der Waals surface area contributed by atoms with Crippen LogP contribution >= 0.6 is 11.3 Å². The van der Waals surface area contributed by atoms with Gasteiger partial charge in [-0.1, -0.05) is 37.5 Å². The van der Waals surface area contributed by atoms with Gasteiger partial charge in [0.25, 0.3) is 11.8 Å². The van der Waals surface area contributed by atoms with Crippen LogP contribution in [-0.2, 0) is 6.54 Å². The first-order valence-electron chi connectivity index (χ1n) is 10.8. The fourth-order valence-electron chi connectivity index (χ4n) is 3.79. The van der Waals surface area contributed by atoms with Gasteiger partial charge in [-0.25, -0.2) is 0 Å². The smallest absolute Gasteiger partial charge is 0.261 e. The average Bonchev–Trinajstić information content (AvgIpc) is 3.35. The lowest BCUT2D eigenvalue weighted by molar-refractivity contribution is 0.0953. The molecular formula is C25H27N3O2S. The highest BCUT2D eigenvalue weighted by Gasteiger charge is 2.13. The van der Waals surface area contributed by atoms with E-state index in [1.54, 1.807) is 18.2 Å². The molecule has 3 aromatic rings. The Balaban J connectivity index is 1.27. The Morgan fingerprint density at radius 1 is 0.839 bits per heavy atom. The van der Waals surface area contributed by atoms with E-state index in [4.69, 9.17) is 0 Å². The lowest BCUT2D eigenvalue weighted by atomic mass is 9.95. The minimum Gasteiger partial charge on any atom is -0.382 e. The van der Waals surface area contributed by atoms with Crippen molar-refractivity contribution in [3.05, 3.63) is 82.0 Å². The van der Waals surface area contributed by atoms with Crippen LogP contribution in [0.25, 0.3) is 0 Å². The first kappa shape index (κ1) is 21.1. The van der Waals surface area contributed by atoms with Crippen molar-refractivity contribution in [3.8, 4) is 0 Å². The van der Waals surface area contributed by atoms with Crippen molar-refractivity contribution in [2.45, 2.75) is 44.7 Å². The predicted molar refractivity (Wildman–Crippen MR) is 127 cm³/mol. The zero-order valence-electron chi connectivity index (χ0n) is 17.4.